The van der Waals surface area contributed by atoms with Crippen molar-refractivity contribution < 1.29 is 18.6 Å². The summed E-state index contributed by atoms with van der Waals surface area (Å²) in [5, 5.41) is 18.8. The molecule has 5 heteroatoms. The van der Waals surface area contributed by atoms with Crippen LogP contribution in [0, 0.1) is 23.0 Å². The zero-order chi connectivity index (χ0) is 14.5. The Bertz CT molecular complexity index is 632. The van der Waals surface area contributed by atoms with E-state index in [2.05, 4.69) is 0 Å². The molecule has 0 aliphatic carbocycles. The van der Waals surface area contributed by atoms with Gasteiger partial charge in [0, 0.05) is 11.1 Å². The van der Waals surface area contributed by atoms with Crippen LogP contribution in [0.15, 0.2) is 42.5 Å². The van der Waals surface area contributed by atoms with Crippen LogP contribution in [-0.2, 0) is 11.3 Å². The molecule has 0 aliphatic rings. The Morgan fingerprint density at radius 3 is 2.40 bits per heavy atom. The number of nitriles is 1. The Kier molecular flexibility index (Phi) is 4.41. The summed E-state index contributed by atoms with van der Waals surface area (Å²) in [6.45, 7) is -0.431. The van der Waals surface area contributed by atoms with Crippen LogP contribution >= 0.6 is 0 Å². The summed E-state index contributed by atoms with van der Waals surface area (Å²) in [6, 6.07) is 11.7. The van der Waals surface area contributed by atoms with E-state index < -0.39 is 24.5 Å². The topological polar surface area (TPSA) is 53.2 Å². The molecule has 2 aromatic carbocycles. The van der Waals surface area contributed by atoms with E-state index in [0.717, 1.165) is 12.1 Å². The average Bonchev–Trinajstić information content (AvgIpc) is 2.46. The summed E-state index contributed by atoms with van der Waals surface area (Å²) in [4.78, 5) is 0. The van der Waals surface area contributed by atoms with Crippen molar-refractivity contribution in [3.8, 4) is 6.07 Å². The SMILES string of the molecule is N#Cc1ccccc1C(O)OCc1c(F)cccc1F. The summed E-state index contributed by atoms with van der Waals surface area (Å²) in [7, 11) is 0. The zero-order valence-electron chi connectivity index (χ0n) is 10.4. The molecule has 0 spiro atoms. The summed E-state index contributed by atoms with van der Waals surface area (Å²) in [5.41, 5.74) is 0.238. The summed E-state index contributed by atoms with van der Waals surface area (Å²) >= 11 is 0. The number of nitrogens with zero attached hydrogens (tertiary/aromatic N) is 1. The Labute approximate surface area is 114 Å². The number of aliphatic hydroxyl groups is 1. The standard InChI is InChI=1S/C15H11F2NO2/c16-13-6-3-7-14(17)12(13)9-20-15(19)11-5-2-1-4-10(11)8-18/h1-7,15,19H,9H2. The molecule has 0 radical (unpaired) electrons. The molecule has 0 saturated carbocycles. The van der Waals surface area contributed by atoms with Gasteiger partial charge >= 0.3 is 0 Å². The lowest BCUT2D eigenvalue weighted by Crippen LogP contribution is -2.07. The van der Waals surface area contributed by atoms with Gasteiger partial charge in [-0.2, -0.15) is 5.26 Å². The molecule has 1 unspecified atom stereocenters. The third-order valence-corrected chi connectivity index (χ3v) is 2.79. The molecule has 1 atom stereocenters. The van der Waals surface area contributed by atoms with Gasteiger partial charge in [-0.1, -0.05) is 24.3 Å². The molecular formula is C15H11F2NO2. The first-order valence-electron chi connectivity index (χ1n) is 5.85. The predicted molar refractivity (Wildman–Crippen MR) is 67.3 cm³/mol. The molecule has 1 N–H and O–H groups in total. The van der Waals surface area contributed by atoms with Crippen LogP contribution in [0.2, 0.25) is 0 Å². The second-order valence-corrected chi connectivity index (χ2v) is 4.06. The van der Waals surface area contributed by atoms with Gasteiger partial charge in [0.25, 0.3) is 0 Å². The molecule has 2 aromatic rings. The highest BCUT2D eigenvalue weighted by Gasteiger charge is 2.15. The molecule has 102 valence electrons. The lowest BCUT2D eigenvalue weighted by Gasteiger charge is -2.14. The predicted octanol–water partition coefficient (Wildman–Crippen LogP) is 3.04. The van der Waals surface area contributed by atoms with Gasteiger partial charge < -0.3 is 9.84 Å². The average molecular weight is 275 g/mol. The second kappa shape index (κ2) is 6.24. The number of rotatable bonds is 4. The number of aliphatic hydroxyl groups excluding tert-OH is 1. The summed E-state index contributed by atoms with van der Waals surface area (Å²) in [6.07, 6.45) is -1.43. The lowest BCUT2D eigenvalue weighted by molar-refractivity contribution is -0.113. The number of benzene rings is 2. The first-order valence-corrected chi connectivity index (χ1v) is 5.85. The van der Waals surface area contributed by atoms with E-state index in [1.165, 1.54) is 18.2 Å². The highest BCUT2D eigenvalue weighted by atomic mass is 19.1. The van der Waals surface area contributed by atoms with E-state index in [0.29, 0.717) is 0 Å². The summed E-state index contributed by atoms with van der Waals surface area (Å²) < 4.78 is 31.8. The maximum Gasteiger partial charge on any atom is 0.182 e. The van der Waals surface area contributed by atoms with Gasteiger partial charge in [-0.25, -0.2) is 8.78 Å². The van der Waals surface area contributed by atoms with Crippen molar-refractivity contribution in [3.05, 3.63) is 70.8 Å². The second-order valence-electron chi connectivity index (χ2n) is 4.06. The molecule has 0 heterocycles. The van der Waals surface area contributed by atoms with E-state index in [-0.39, 0.29) is 16.7 Å². The Balaban J connectivity index is 2.13. The summed E-state index contributed by atoms with van der Waals surface area (Å²) in [5.74, 6) is -1.49. The van der Waals surface area contributed by atoms with Crippen molar-refractivity contribution in [2.75, 3.05) is 0 Å². The fourth-order valence-electron chi connectivity index (χ4n) is 1.74. The minimum Gasteiger partial charge on any atom is -0.364 e. The van der Waals surface area contributed by atoms with Crippen LogP contribution in [0.3, 0.4) is 0 Å². The minimum atomic E-state index is -1.43. The molecule has 0 amide bonds. The van der Waals surface area contributed by atoms with Gasteiger partial charge in [0.05, 0.1) is 18.2 Å². The maximum atomic E-state index is 13.4. The van der Waals surface area contributed by atoms with Gasteiger partial charge in [0.2, 0.25) is 0 Å². The van der Waals surface area contributed by atoms with Crippen LogP contribution < -0.4 is 0 Å². The zero-order valence-corrected chi connectivity index (χ0v) is 10.4. The molecule has 0 fully saturated rings. The van der Waals surface area contributed by atoms with Crippen molar-refractivity contribution in [2.45, 2.75) is 12.9 Å². The molecule has 3 nitrogen and oxygen atoms in total. The molecule has 20 heavy (non-hydrogen) atoms. The number of hydrogen-bond donors (Lipinski definition) is 1. The van der Waals surface area contributed by atoms with Crippen molar-refractivity contribution in [1.29, 1.82) is 5.26 Å². The van der Waals surface area contributed by atoms with E-state index in [4.69, 9.17) is 10.00 Å². The van der Waals surface area contributed by atoms with E-state index in [1.54, 1.807) is 12.1 Å². The molecule has 0 aromatic heterocycles. The van der Waals surface area contributed by atoms with Crippen LogP contribution in [0.5, 0.6) is 0 Å². The third kappa shape index (κ3) is 2.99. The van der Waals surface area contributed by atoms with Crippen LogP contribution in [0.25, 0.3) is 0 Å². The Morgan fingerprint density at radius 2 is 1.75 bits per heavy atom. The van der Waals surface area contributed by atoms with Crippen LogP contribution in [0.4, 0.5) is 8.78 Å². The van der Waals surface area contributed by atoms with Crippen molar-refractivity contribution >= 4 is 0 Å². The number of hydrogen-bond acceptors (Lipinski definition) is 3. The van der Waals surface area contributed by atoms with E-state index in [1.807, 2.05) is 6.07 Å². The van der Waals surface area contributed by atoms with Gasteiger partial charge in [-0.3, -0.25) is 0 Å². The fraction of sp³-hybridized carbons (Fsp3) is 0.133. The molecular weight excluding hydrogens is 264 g/mol. The monoisotopic (exact) mass is 275 g/mol. The highest BCUT2D eigenvalue weighted by Crippen LogP contribution is 2.21. The third-order valence-electron chi connectivity index (χ3n) is 2.79. The number of ether oxygens (including phenoxy) is 1. The number of halogens is 2. The lowest BCUT2D eigenvalue weighted by atomic mass is 10.1. The van der Waals surface area contributed by atoms with Crippen LogP contribution in [-0.4, -0.2) is 5.11 Å². The molecule has 0 bridgehead atoms. The van der Waals surface area contributed by atoms with Crippen molar-refractivity contribution in [2.24, 2.45) is 0 Å². The minimum absolute atomic E-state index is 0.244. The van der Waals surface area contributed by atoms with Gasteiger partial charge in [0.1, 0.15) is 11.6 Å². The fourth-order valence-corrected chi connectivity index (χ4v) is 1.74. The quantitative estimate of drug-likeness (QED) is 0.872. The van der Waals surface area contributed by atoms with E-state index in [9.17, 15) is 13.9 Å². The molecule has 0 saturated heterocycles. The maximum absolute atomic E-state index is 13.4. The molecule has 0 aliphatic heterocycles. The normalized spacial score (nSPS) is 11.9. The van der Waals surface area contributed by atoms with Crippen molar-refractivity contribution in [3.63, 3.8) is 0 Å². The van der Waals surface area contributed by atoms with Crippen LogP contribution in [0.1, 0.15) is 23.0 Å². The van der Waals surface area contributed by atoms with E-state index >= 15 is 0 Å². The van der Waals surface area contributed by atoms with Gasteiger partial charge in [0.15, 0.2) is 6.29 Å². The largest absolute Gasteiger partial charge is 0.364 e. The Hall–Kier alpha value is -2.29. The smallest absolute Gasteiger partial charge is 0.182 e. The van der Waals surface area contributed by atoms with Gasteiger partial charge in [-0.05, 0) is 18.2 Å². The Morgan fingerprint density at radius 1 is 1.10 bits per heavy atom. The first kappa shape index (κ1) is 14.1. The van der Waals surface area contributed by atoms with Crippen molar-refractivity contribution in [1.82, 2.24) is 0 Å². The molecule has 2 rings (SSSR count). The first-order chi connectivity index (χ1) is 9.63. The highest BCUT2D eigenvalue weighted by molar-refractivity contribution is 5.38. The van der Waals surface area contributed by atoms with Gasteiger partial charge in [-0.15, -0.1) is 0 Å².